The Hall–Kier alpha value is -2.86. The summed E-state index contributed by atoms with van der Waals surface area (Å²) in [5, 5.41) is 3.56. The number of esters is 1. The van der Waals surface area contributed by atoms with Crippen LogP contribution in [0.3, 0.4) is 0 Å². The topological polar surface area (TPSA) is 103 Å². The second kappa shape index (κ2) is 10.1. The van der Waals surface area contributed by atoms with Gasteiger partial charge in [-0.05, 0) is 50.1 Å². The Labute approximate surface area is 147 Å². The predicted molar refractivity (Wildman–Crippen MR) is 93.2 cm³/mol. The van der Waals surface area contributed by atoms with E-state index in [-0.39, 0.29) is 25.0 Å². The first-order valence-electron chi connectivity index (χ1n) is 7.78. The highest BCUT2D eigenvalue weighted by atomic mass is 16.6. The molecule has 0 radical (unpaired) electrons. The van der Waals surface area contributed by atoms with E-state index in [9.17, 15) is 4.79 Å². The highest BCUT2D eigenvalue weighted by Gasteiger charge is 2.16. The smallest absolute Gasteiger partial charge is 0.373 e. The van der Waals surface area contributed by atoms with Crippen LogP contribution in [-0.4, -0.2) is 32.9 Å². The van der Waals surface area contributed by atoms with Gasteiger partial charge in [-0.2, -0.15) is 0 Å². The molecule has 0 aliphatic carbocycles. The van der Waals surface area contributed by atoms with Crippen LogP contribution in [0.2, 0.25) is 0 Å². The monoisotopic (exact) mass is 349 g/mol. The van der Waals surface area contributed by atoms with Gasteiger partial charge in [-0.1, -0.05) is 5.11 Å². The first-order valence-corrected chi connectivity index (χ1v) is 7.78. The van der Waals surface area contributed by atoms with Gasteiger partial charge in [0.2, 0.25) is 5.76 Å². The van der Waals surface area contributed by atoms with Crippen molar-refractivity contribution in [2.45, 2.75) is 33.4 Å². The standard InChI is InChI=1S/C17H23N3O5/c1-6-24-17(21)15(25-11(2)3)9-12-7-13(10-19-20-18)16(23-5)14(8-12)22-4/h7-9,11H,6,10H2,1-5H3/b15-9-. The molecule has 0 fully saturated rings. The van der Waals surface area contributed by atoms with Gasteiger partial charge in [0, 0.05) is 10.5 Å². The molecule has 0 unspecified atom stereocenters. The minimum atomic E-state index is -0.553. The fourth-order valence-corrected chi connectivity index (χ4v) is 2.12. The van der Waals surface area contributed by atoms with Crippen LogP contribution in [0.15, 0.2) is 23.0 Å². The molecule has 0 N–H and O–H groups in total. The number of ether oxygens (including phenoxy) is 4. The first-order chi connectivity index (χ1) is 12.0. The summed E-state index contributed by atoms with van der Waals surface area (Å²) in [6, 6.07) is 3.43. The van der Waals surface area contributed by atoms with E-state index < -0.39 is 5.97 Å². The lowest BCUT2D eigenvalue weighted by Crippen LogP contribution is -2.14. The van der Waals surface area contributed by atoms with Gasteiger partial charge in [0.05, 0.1) is 33.5 Å². The summed E-state index contributed by atoms with van der Waals surface area (Å²) in [5.74, 6) is 0.447. The molecular weight excluding hydrogens is 326 g/mol. The minimum Gasteiger partial charge on any atom is -0.493 e. The van der Waals surface area contributed by atoms with Crippen LogP contribution >= 0.6 is 0 Å². The summed E-state index contributed by atoms with van der Waals surface area (Å²) < 4.78 is 21.2. The minimum absolute atomic E-state index is 0.0808. The maximum atomic E-state index is 12.1. The Bertz CT molecular complexity index is 679. The van der Waals surface area contributed by atoms with Crippen LogP contribution in [-0.2, 0) is 20.8 Å². The largest absolute Gasteiger partial charge is 0.493 e. The van der Waals surface area contributed by atoms with Crippen LogP contribution in [0, 0.1) is 0 Å². The van der Waals surface area contributed by atoms with Crippen molar-refractivity contribution in [1.82, 2.24) is 0 Å². The van der Waals surface area contributed by atoms with Gasteiger partial charge in [-0.15, -0.1) is 0 Å². The van der Waals surface area contributed by atoms with Crippen LogP contribution in [0.4, 0.5) is 0 Å². The molecule has 0 aromatic heterocycles. The molecular formula is C17H23N3O5. The van der Waals surface area contributed by atoms with Crippen molar-refractivity contribution in [3.63, 3.8) is 0 Å². The molecule has 136 valence electrons. The third-order valence-corrected chi connectivity index (χ3v) is 3.02. The van der Waals surface area contributed by atoms with Crippen LogP contribution in [0.25, 0.3) is 16.5 Å². The van der Waals surface area contributed by atoms with Crippen molar-refractivity contribution in [3.8, 4) is 11.5 Å². The van der Waals surface area contributed by atoms with Gasteiger partial charge in [0.25, 0.3) is 0 Å². The van der Waals surface area contributed by atoms with Gasteiger partial charge < -0.3 is 18.9 Å². The number of carbonyl (C=O) groups is 1. The quantitative estimate of drug-likeness (QED) is 0.168. The number of azide groups is 1. The predicted octanol–water partition coefficient (Wildman–Crippen LogP) is 3.84. The number of methoxy groups -OCH3 is 2. The molecule has 0 atom stereocenters. The summed E-state index contributed by atoms with van der Waals surface area (Å²) in [6.45, 7) is 5.67. The molecule has 0 aliphatic rings. The fourth-order valence-electron chi connectivity index (χ4n) is 2.12. The molecule has 1 aromatic carbocycles. The average Bonchev–Trinajstić information content (AvgIpc) is 2.58. The number of benzene rings is 1. The highest BCUT2D eigenvalue weighted by molar-refractivity contribution is 5.91. The molecule has 25 heavy (non-hydrogen) atoms. The molecule has 0 saturated heterocycles. The molecule has 0 saturated carbocycles. The maximum absolute atomic E-state index is 12.1. The third-order valence-electron chi connectivity index (χ3n) is 3.02. The number of rotatable bonds is 9. The van der Waals surface area contributed by atoms with Crippen molar-refractivity contribution < 1.29 is 23.7 Å². The Morgan fingerprint density at radius 2 is 2.04 bits per heavy atom. The first kappa shape index (κ1) is 20.2. The summed E-state index contributed by atoms with van der Waals surface area (Å²) in [7, 11) is 3.00. The summed E-state index contributed by atoms with van der Waals surface area (Å²) in [5.41, 5.74) is 9.81. The molecule has 0 aliphatic heterocycles. The number of nitrogens with zero attached hydrogens (tertiary/aromatic N) is 3. The Kier molecular flexibility index (Phi) is 8.15. The van der Waals surface area contributed by atoms with E-state index in [2.05, 4.69) is 10.0 Å². The van der Waals surface area contributed by atoms with E-state index in [1.165, 1.54) is 14.2 Å². The fraction of sp³-hybridized carbons (Fsp3) is 0.471. The van der Waals surface area contributed by atoms with E-state index in [0.29, 0.717) is 22.6 Å². The lowest BCUT2D eigenvalue weighted by molar-refractivity contribution is -0.143. The van der Waals surface area contributed by atoms with Crippen molar-refractivity contribution in [3.05, 3.63) is 39.5 Å². The second-order valence-electron chi connectivity index (χ2n) is 5.20. The molecule has 0 spiro atoms. The summed E-state index contributed by atoms with van der Waals surface area (Å²) in [4.78, 5) is 14.8. The number of hydrogen-bond donors (Lipinski definition) is 0. The van der Waals surface area contributed by atoms with Crippen molar-refractivity contribution in [2.75, 3.05) is 20.8 Å². The number of carbonyl (C=O) groups excluding carboxylic acids is 1. The zero-order valence-corrected chi connectivity index (χ0v) is 15.1. The molecule has 8 nitrogen and oxygen atoms in total. The van der Waals surface area contributed by atoms with Gasteiger partial charge in [0.1, 0.15) is 0 Å². The molecule has 1 aromatic rings. The third kappa shape index (κ3) is 5.93. The molecule has 8 heteroatoms. The normalized spacial score (nSPS) is 10.9. The van der Waals surface area contributed by atoms with Crippen molar-refractivity contribution in [1.29, 1.82) is 0 Å². The second-order valence-corrected chi connectivity index (χ2v) is 5.20. The van der Waals surface area contributed by atoms with E-state index in [4.69, 9.17) is 24.5 Å². The lowest BCUT2D eigenvalue weighted by atomic mass is 10.1. The number of hydrogen-bond acceptors (Lipinski definition) is 6. The molecule has 0 heterocycles. The lowest BCUT2D eigenvalue weighted by Gasteiger charge is -2.15. The van der Waals surface area contributed by atoms with Gasteiger partial charge in [-0.25, -0.2) is 4.79 Å². The van der Waals surface area contributed by atoms with Gasteiger partial charge >= 0.3 is 5.97 Å². The Morgan fingerprint density at radius 1 is 1.32 bits per heavy atom. The van der Waals surface area contributed by atoms with E-state index in [1.807, 2.05) is 13.8 Å². The average molecular weight is 349 g/mol. The zero-order chi connectivity index (χ0) is 18.8. The van der Waals surface area contributed by atoms with Gasteiger partial charge in [-0.3, -0.25) is 0 Å². The van der Waals surface area contributed by atoms with Crippen molar-refractivity contribution >= 4 is 12.0 Å². The van der Waals surface area contributed by atoms with Gasteiger partial charge in [0.15, 0.2) is 11.5 Å². The van der Waals surface area contributed by atoms with E-state index in [0.717, 1.165) is 0 Å². The SMILES string of the molecule is CCOC(=O)/C(=C/c1cc(CN=[N+]=[N-])c(OC)c(OC)c1)OC(C)C. The Balaban J connectivity index is 3.40. The van der Waals surface area contributed by atoms with E-state index in [1.54, 1.807) is 25.1 Å². The zero-order valence-electron chi connectivity index (χ0n) is 15.1. The van der Waals surface area contributed by atoms with Crippen LogP contribution in [0.5, 0.6) is 11.5 Å². The molecule has 0 amide bonds. The maximum Gasteiger partial charge on any atom is 0.373 e. The highest BCUT2D eigenvalue weighted by Crippen LogP contribution is 2.34. The van der Waals surface area contributed by atoms with Crippen LogP contribution < -0.4 is 9.47 Å². The molecule has 0 bridgehead atoms. The van der Waals surface area contributed by atoms with Crippen molar-refractivity contribution in [2.24, 2.45) is 5.11 Å². The Morgan fingerprint density at radius 3 is 2.56 bits per heavy atom. The van der Waals surface area contributed by atoms with Crippen LogP contribution in [0.1, 0.15) is 31.9 Å². The summed E-state index contributed by atoms with van der Waals surface area (Å²) in [6.07, 6.45) is 1.36. The molecule has 1 rings (SSSR count). The van der Waals surface area contributed by atoms with E-state index >= 15 is 0 Å². The summed E-state index contributed by atoms with van der Waals surface area (Å²) >= 11 is 0.